The quantitative estimate of drug-likeness (QED) is 0.563. The summed E-state index contributed by atoms with van der Waals surface area (Å²) in [6.45, 7) is 0.513. The molecule has 0 atom stereocenters. The van der Waals surface area contributed by atoms with Crippen LogP contribution in [0.5, 0.6) is 0 Å². The van der Waals surface area contributed by atoms with Crippen LogP contribution in [0, 0.1) is 0 Å². The second kappa shape index (κ2) is 9.95. The molecule has 0 aromatic heterocycles. The molecule has 0 bridgehead atoms. The van der Waals surface area contributed by atoms with E-state index in [9.17, 15) is 14.4 Å². The van der Waals surface area contributed by atoms with Gasteiger partial charge in [0.15, 0.2) is 0 Å². The molecule has 0 spiro atoms. The number of carbonyl (C=O) groups is 3. The molecule has 6 nitrogen and oxygen atoms in total. The van der Waals surface area contributed by atoms with E-state index in [1.807, 2.05) is 6.26 Å². The molecular formula is C10H18N2O4S. The molecule has 3 N–H and O–H groups in total. The zero-order valence-electron chi connectivity index (χ0n) is 9.82. The molecule has 17 heavy (non-hydrogen) atoms. The topological polar surface area (TPSA) is 95.5 Å². The van der Waals surface area contributed by atoms with Crippen molar-refractivity contribution in [3.8, 4) is 0 Å². The van der Waals surface area contributed by atoms with Crippen LogP contribution in [0.3, 0.4) is 0 Å². The number of rotatable bonds is 8. The predicted molar refractivity (Wildman–Crippen MR) is 66.0 cm³/mol. The van der Waals surface area contributed by atoms with Gasteiger partial charge in [-0.3, -0.25) is 14.9 Å². The highest BCUT2D eigenvalue weighted by Crippen LogP contribution is 1.97. The van der Waals surface area contributed by atoms with Crippen molar-refractivity contribution in [2.75, 3.05) is 18.6 Å². The molecule has 0 aliphatic carbocycles. The lowest BCUT2D eigenvalue weighted by Gasteiger charge is -2.05. The maximum absolute atomic E-state index is 11.1. The zero-order valence-corrected chi connectivity index (χ0v) is 10.6. The zero-order chi connectivity index (χ0) is 13.1. The minimum absolute atomic E-state index is 0.185. The first-order chi connectivity index (χ1) is 8.06. The summed E-state index contributed by atoms with van der Waals surface area (Å²) >= 11 is 1.74. The van der Waals surface area contributed by atoms with E-state index in [0.717, 1.165) is 18.6 Å². The molecule has 0 aromatic carbocycles. The summed E-state index contributed by atoms with van der Waals surface area (Å²) in [5, 5.41) is 12.9. The molecule has 0 aliphatic heterocycles. The first-order valence-electron chi connectivity index (χ1n) is 5.34. The van der Waals surface area contributed by atoms with Gasteiger partial charge >= 0.3 is 12.0 Å². The molecule has 98 valence electrons. The summed E-state index contributed by atoms with van der Waals surface area (Å²) in [6, 6.07) is -0.565. The van der Waals surface area contributed by atoms with Crippen molar-refractivity contribution in [3.63, 3.8) is 0 Å². The third-order valence-electron chi connectivity index (χ3n) is 1.88. The highest BCUT2D eigenvalue weighted by Gasteiger charge is 2.08. The number of carbonyl (C=O) groups excluding carboxylic acids is 2. The summed E-state index contributed by atoms with van der Waals surface area (Å²) in [4.78, 5) is 32.4. The van der Waals surface area contributed by atoms with E-state index in [1.54, 1.807) is 11.8 Å². The van der Waals surface area contributed by atoms with Crippen LogP contribution in [0.2, 0.25) is 0 Å². The molecular weight excluding hydrogens is 244 g/mol. The molecule has 3 amide bonds. The second-order valence-electron chi connectivity index (χ2n) is 3.40. The minimum atomic E-state index is -1.06. The summed E-state index contributed by atoms with van der Waals surface area (Å²) < 4.78 is 0. The number of nitrogens with one attached hydrogen (secondary N) is 2. The Hall–Kier alpha value is -1.24. The Labute approximate surface area is 105 Å². The molecule has 0 fully saturated rings. The fourth-order valence-electron chi connectivity index (χ4n) is 1.03. The van der Waals surface area contributed by atoms with E-state index < -0.39 is 17.9 Å². The van der Waals surface area contributed by atoms with Crippen LogP contribution in [-0.2, 0) is 9.59 Å². The summed E-state index contributed by atoms with van der Waals surface area (Å²) in [7, 11) is 0. The standard InChI is InChI=1S/C10H18N2O4S/c1-17-7-3-2-6-11-10(16)12-8(13)4-5-9(14)15/h2-7H2,1H3,(H,14,15)(H2,11,12,13,16). The number of hydrogen-bond donors (Lipinski definition) is 3. The van der Waals surface area contributed by atoms with Gasteiger partial charge < -0.3 is 10.4 Å². The summed E-state index contributed by atoms with van der Waals surface area (Å²) in [5.41, 5.74) is 0. The monoisotopic (exact) mass is 262 g/mol. The van der Waals surface area contributed by atoms with Gasteiger partial charge in [-0.1, -0.05) is 0 Å². The maximum atomic E-state index is 11.1. The number of urea groups is 1. The van der Waals surface area contributed by atoms with E-state index in [-0.39, 0.29) is 12.8 Å². The van der Waals surface area contributed by atoms with Gasteiger partial charge in [0.05, 0.1) is 6.42 Å². The second-order valence-corrected chi connectivity index (χ2v) is 4.38. The molecule has 0 heterocycles. The number of amides is 3. The third-order valence-corrected chi connectivity index (χ3v) is 2.58. The Morgan fingerprint density at radius 1 is 1.18 bits per heavy atom. The van der Waals surface area contributed by atoms with Crippen LogP contribution in [0.1, 0.15) is 25.7 Å². The lowest BCUT2D eigenvalue weighted by molar-refractivity contribution is -0.138. The lowest BCUT2D eigenvalue weighted by atomic mass is 10.3. The molecule has 7 heteroatoms. The van der Waals surface area contributed by atoms with Crippen LogP contribution in [0.4, 0.5) is 4.79 Å². The Morgan fingerprint density at radius 3 is 2.47 bits per heavy atom. The van der Waals surface area contributed by atoms with Crippen molar-refractivity contribution in [1.29, 1.82) is 0 Å². The minimum Gasteiger partial charge on any atom is -0.481 e. The van der Waals surface area contributed by atoms with Gasteiger partial charge in [0.25, 0.3) is 0 Å². The van der Waals surface area contributed by atoms with Gasteiger partial charge in [0, 0.05) is 13.0 Å². The van der Waals surface area contributed by atoms with Gasteiger partial charge in [-0.25, -0.2) is 4.79 Å². The third kappa shape index (κ3) is 11.0. The highest BCUT2D eigenvalue weighted by atomic mass is 32.2. The summed E-state index contributed by atoms with van der Waals surface area (Å²) in [5.74, 6) is -0.590. The number of carboxylic acids is 1. The lowest BCUT2D eigenvalue weighted by Crippen LogP contribution is -2.39. The fraction of sp³-hybridized carbons (Fsp3) is 0.700. The molecule has 0 aliphatic rings. The van der Waals surface area contributed by atoms with Gasteiger partial charge in [-0.2, -0.15) is 11.8 Å². The molecule has 0 radical (unpaired) electrons. The number of unbranched alkanes of at least 4 members (excludes halogenated alkanes) is 1. The number of carboxylic acid groups (broad SMARTS) is 1. The fourth-order valence-corrected chi connectivity index (χ4v) is 1.52. The maximum Gasteiger partial charge on any atom is 0.321 e. The molecule has 0 rings (SSSR count). The average molecular weight is 262 g/mol. The molecule has 0 saturated carbocycles. The van der Waals surface area contributed by atoms with E-state index in [1.165, 1.54) is 0 Å². The Bertz CT molecular complexity index is 271. The summed E-state index contributed by atoms with van der Waals surface area (Å²) in [6.07, 6.45) is 3.43. The number of thioether (sulfide) groups is 1. The first kappa shape index (κ1) is 15.8. The highest BCUT2D eigenvalue weighted by molar-refractivity contribution is 7.98. The Balaban J connectivity index is 3.50. The van der Waals surface area contributed by atoms with Crippen LogP contribution < -0.4 is 10.6 Å². The van der Waals surface area contributed by atoms with Gasteiger partial charge in [-0.15, -0.1) is 0 Å². The number of hydrogen-bond acceptors (Lipinski definition) is 4. The smallest absolute Gasteiger partial charge is 0.321 e. The van der Waals surface area contributed by atoms with Crippen LogP contribution in [0.25, 0.3) is 0 Å². The Morgan fingerprint density at radius 2 is 1.88 bits per heavy atom. The normalized spacial score (nSPS) is 9.71. The molecule has 0 saturated heterocycles. The van der Waals surface area contributed by atoms with Crippen LogP contribution in [0.15, 0.2) is 0 Å². The Kier molecular flexibility index (Phi) is 9.22. The van der Waals surface area contributed by atoms with Crippen molar-refractivity contribution in [2.45, 2.75) is 25.7 Å². The molecule has 0 aromatic rings. The van der Waals surface area contributed by atoms with E-state index in [4.69, 9.17) is 5.11 Å². The van der Waals surface area contributed by atoms with Crippen LogP contribution >= 0.6 is 11.8 Å². The first-order valence-corrected chi connectivity index (χ1v) is 6.74. The number of aliphatic carboxylic acids is 1. The van der Waals surface area contributed by atoms with E-state index in [0.29, 0.717) is 6.54 Å². The van der Waals surface area contributed by atoms with Gasteiger partial charge in [0.2, 0.25) is 5.91 Å². The largest absolute Gasteiger partial charge is 0.481 e. The van der Waals surface area contributed by atoms with Crippen molar-refractivity contribution in [1.82, 2.24) is 10.6 Å². The number of imide groups is 1. The predicted octanol–water partition coefficient (Wildman–Crippen LogP) is 0.820. The average Bonchev–Trinajstić information content (AvgIpc) is 2.26. The van der Waals surface area contributed by atoms with E-state index >= 15 is 0 Å². The SMILES string of the molecule is CSCCCCNC(=O)NC(=O)CCC(=O)O. The van der Waals surface area contributed by atoms with Crippen molar-refractivity contribution in [2.24, 2.45) is 0 Å². The van der Waals surface area contributed by atoms with Crippen molar-refractivity contribution >= 4 is 29.7 Å². The van der Waals surface area contributed by atoms with Crippen molar-refractivity contribution in [3.05, 3.63) is 0 Å². The van der Waals surface area contributed by atoms with Gasteiger partial charge in [-0.05, 0) is 24.9 Å². The van der Waals surface area contributed by atoms with Crippen molar-refractivity contribution < 1.29 is 19.5 Å². The van der Waals surface area contributed by atoms with Gasteiger partial charge in [0.1, 0.15) is 0 Å². The van der Waals surface area contributed by atoms with E-state index in [2.05, 4.69) is 10.6 Å². The molecule has 0 unspecified atom stereocenters. The van der Waals surface area contributed by atoms with Crippen LogP contribution in [-0.4, -0.2) is 41.6 Å².